The van der Waals surface area contributed by atoms with Crippen LogP contribution in [0.4, 0.5) is 17.1 Å². The van der Waals surface area contributed by atoms with Gasteiger partial charge in [-0.05, 0) is 162 Å². The van der Waals surface area contributed by atoms with Crippen LogP contribution in [0, 0.1) is 23.7 Å². The van der Waals surface area contributed by atoms with Gasteiger partial charge in [-0.2, -0.15) is 0 Å². The lowest BCUT2D eigenvalue weighted by molar-refractivity contribution is -0.0443. The third-order valence-electron chi connectivity index (χ3n) is 14.4. The van der Waals surface area contributed by atoms with Crippen LogP contribution in [0.2, 0.25) is 0 Å². The lowest BCUT2D eigenvalue weighted by Crippen LogP contribution is -2.57. The molecule has 5 aliphatic carbocycles. The maximum Gasteiger partial charge on any atom is 0.135 e. The number of rotatable bonds is 3. The van der Waals surface area contributed by atoms with E-state index in [-0.39, 0.29) is 16.2 Å². The maximum absolute atomic E-state index is 6.34. The first kappa shape index (κ1) is 30.7. The molecule has 0 atom stereocenters. The number of nitrogens with zero attached hydrogens (tertiary/aromatic N) is 1. The van der Waals surface area contributed by atoms with E-state index in [1.54, 1.807) is 11.1 Å². The molecule has 1 aliphatic heterocycles. The Hall–Kier alpha value is -3.95. The molecule has 1 spiro atoms. The molecule has 12 rings (SSSR count). The number of hydrogen-bond acceptors (Lipinski definition) is 3. The van der Waals surface area contributed by atoms with Gasteiger partial charge in [0.1, 0.15) is 11.2 Å². The third kappa shape index (κ3) is 4.31. The summed E-state index contributed by atoms with van der Waals surface area (Å²) in [5, 5.41) is 2.35. The summed E-state index contributed by atoms with van der Waals surface area (Å²) in [7, 11) is 0. The van der Waals surface area contributed by atoms with Crippen molar-refractivity contribution in [3.05, 3.63) is 125 Å². The molecule has 0 amide bonds. The van der Waals surface area contributed by atoms with Crippen molar-refractivity contribution in [1.82, 2.24) is 0 Å². The number of benzene rings is 5. The van der Waals surface area contributed by atoms with Crippen molar-refractivity contribution in [2.75, 3.05) is 4.90 Å². The van der Waals surface area contributed by atoms with Crippen LogP contribution >= 0.6 is 11.8 Å². The average Bonchev–Trinajstić information content (AvgIpc) is 3.50. The Morgan fingerprint density at radius 1 is 0.529 bits per heavy atom. The second-order valence-corrected chi connectivity index (χ2v) is 19.1. The van der Waals surface area contributed by atoms with Crippen LogP contribution in [0.1, 0.15) is 94.9 Å². The zero-order valence-corrected chi connectivity index (χ0v) is 31.2. The van der Waals surface area contributed by atoms with E-state index in [1.165, 1.54) is 93.7 Å². The molecule has 0 radical (unpaired) electrons. The highest BCUT2D eigenvalue weighted by molar-refractivity contribution is 7.99. The van der Waals surface area contributed by atoms with Gasteiger partial charge in [0.15, 0.2) is 0 Å². The molecular formula is C48H47NOS. The Labute approximate surface area is 306 Å². The van der Waals surface area contributed by atoms with Gasteiger partial charge in [-0.1, -0.05) is 81.9 Å². The summed E-state index contributed by atoms with van der Waals surface area (Å²) >= 11 is 2.00. The molecule has 4 saturated carbocycles. The first-order chi connectivity index (χ1) is 24.7. The molecule has 51 heavy (non-hydrogen) atoms. The Kier molecular flexibility index (Phi) is 6.35. The van der Waals surface area contributed by atoms with Crippen LogP contribution in [-0.2, 0) is 16.2 Å². The Morgan fingerprint density at radius 2 is 1.12 bits per heavy atom. The topological polar surface area (TPSA) is 16.4 Å². The number of furan rings is 1. The van der Waals surface area contributed by atoms with Crippen molar-refractivity contribution in [2.24, 2.45) is 23.7 Å². The standard InChI is InChI=1S/C48H47NOS/c1-46(2)19-20-47(3,4)40-27-34(13-16-38(40)46)49(33-14-17-43-37(26-33)36-9-5-7-11-42(36)50-43)35-15-18-45-41(28-35)48(39-10-6-8-12-44(39)51-45)31-22-29-21-30(24-31)25-32(48)23-29/h5-18,26-32H,19-25H2,1-4H3. The van der Waals surface area contributed by atoms with Crippen LogP contribution in [0.5, 0.6) is 0 Å². The smallest absolute Gasteiger partial charge is 0.135 e. The first-order valence-corrected chi connectivity index (χ1v) is 20.3. The predicted octanol–water partition coefficient (Wildman–Crippen LogP) is 13.6. The summed E-state index contributed by atoms with van der Waals surface area (Å²) in [4.78, 5) is 5.52. The van der Waals surface area contributed by atoms with E-state index in [9.17, 15) is 0 Å². The van der Waals surface area contributed by atoms with Gasteiger partial charge >= 0.3 is 0 Å². The lowest BCUT2D eigenvalue weighted by Gasteiger charge is -2.63. The summed E-state index contributed by atoms with van der Waals surface area (Å²) in [6.45, 7) is 9.75. The molecule has 4 fully saturated rings. The van der Waals surface area contributed by atoms with Crippen LogP contribution < -0.4 is 4.90 Å². The van der Waals surface area contributed by atoms with Gasteiger partial charge in [-0.3, -0.25) is 0 Å². The Morgan fingerprint density at radius 3 is 1.90 bits per heavy atom. The summed E-state index contributed by atoms with van der Waals surface area (Å²) < 4.78 is 6.34. The molecular weight excluding hydrogens is 639 g/mol. The summed E-state index contributed by atoms with van der Waals surface area (Å²) in [6.07, 6.45) is 9.44. The quantitative estimate of drug-likeness (QED) is 0.184. The van der Waals surface area contributed by atoms with Gasteiger partial charge < -0.3 is 9.32 Å². The monoisotopic (exact) mass is 685 g/mol. The molecule has 5 aromatic carbocycles. The number of fused-ring (bicyclic) bond motifs is 6. The first-order valence-electron chi connectivity index (χ1n) is 19.5. The van der Waals surface area contributed by atoms with Crippen molar-refractivity contribution >= 4 is 50.8 Å². The van der Waals surface area contributed by atoms with Gasteiger partial charge in [0.2, 0.25) is 0 Å². The number of hydrogen-bond donors (Lipinski definition) is 0. The minimum Gasteiger partial charge on any atom is -0.456 e. The van der Waals surface area contributed by atoms with E-state index in [2.05, 4.69) is 136 Å². The van der Waals surface area contributed by atoms with Crippen LogP contribution in [0.15, 0.2) is 117 Å². The van der Waals surface area contributed by atoms with Gasteiger partial charge in [0.25, 0.3) is 0 Å². The second kappa shape index (κ2) is 10.6. The molecule has 4 bridgehead atoms. The largest absolute Gasteiger partial charge is 0.456 e. The Balaban J connectivity index is 1.15. The van der Waals surface area contributed by atoms with E-state index in [0.717, 1.165) is 34.8 Å². The minimum absolute atomic E-state index is 0.0961. The van der Waals surface area contributed by atoms with E-state index in [0.29, 0.717) is 0 Å². The van der Waals surface area contributed by atoms with E-state index in [1.807, 2.05) is 11.8 Å². The van der Waals surface area contributed by atoms with E-state index < -0.39 is 0 Å². The molecule has 3 heteroatoms. The fourth-order valence-electron chi connectivity index (χ4n) is 12.1. The highest BCUT2D eigenvalue weighted by atomic mass is 32.2. The molecule has 6 aliphatic rings. The van der Waals surface area contributed by atoms with Crippen molar-refractivity contribution in [3.8, 4) is 0 Å². The van der Waals surface area contributed by atoms with E-state index >= 15 is 0 Å². The highest BCUT2D eigenvalue weighted by Gasteiger charge is 2.60. The van der Waals surface area contributed by atoms with Crippen LogP contribution in [0.3, 0.4) is 0 Å². The molecule has 256 valence electrons. The molecule has 6 aromatic rings. The second-order valence-electron chi connectivity index (χ2n) is 18.1. The van der Waals surface area contributed by atoms with E-state index in [4.69, 9.17) is 4.42 Å². The zero-order valence-electron chi connectivity index (χ0n) is 30.3. The SMILES string of the molecule is CC1(C)CCC(C)(C)c2cc(N(c3ccc4c(c3)C3(c5ccccc5S4)C4CC5CC(C4)CC3C5)c3ccc4oc5ccccc5c4c3)ccc21. The van der Waals surface area contributed by atoms with Crippen molar-refractivity contribution in [3.63, 3.8) is 0 Å². The molecule has 2 nitrogen and oxygen atoms in total. The van der Waals surface area contributed by atoms with Crippen molar-refractivity contribution in [1.29, 1.82) is 0 Å². The minimum atomic E-state index is 0.0961. The summed E-state index contributed by atoms with van der Waals surface area (Å²) in [5.74, 6) is 3.28. The fourth-order valence-corrected chi connectivity index (χ4v) is 13.3. The third-order valence-corrected chi connectivity index (χ3v) is 15.5. The summed E-state index contributed by atoms with van der Waals surface area (Å²) in [6, 6.07) is 39.7. The van der Waals surface area contributed by atoms with Gasteiger partial charge in [0.05, 0.1) is 0 Å². The molecule has 1 aromatic heterocycles. The van der Waals surface area contributed by atoms with Gasteiger partial charge in [-0.15, -0.1) is 0 Å². The Bertz CT molecular complexity index is 2370. The fraction of sp³-hybridized carbons (Fsp3) is 0.375. The number of anilines is 3. The molecule has 0 saturated heterocycles. The maximum atomic E-state index is 6.34. The van der Waals surface area contributed by atoms with Crippen LogP contribution in [0.25, 0.3) is 21.9 Å². The molecule has 2 heterocycles. The zero-order chi connectivity index (χ0) is 34.3. The van der Waals surface area contributed by atoms with Gasteiger partial charge in [0, 0.05) is 43.0 Å². The highest BCUT2D eigenvalue weighted by Crippen LogP contribution is 2.69. The lowest BCUT2D eigenvalue weighted by atomic mass is 9.42. The van der Waals surface area contributed by atoms with Gasteiger partial charge in [-0.25, -0.2) is 0 Å². The number of para-hydroxylation sites is 1. The van der Waals surface area contributed by atoms with Crippen molar-refractivity contribution < 1.29 is 4.42 Å². The normalized spacial score (nSPS) is 27.8. The molecule has 0 N–H and O–H groups in total. The van der Waals surface area contributed by atoms with Crippen LogP contribution in [-0.4, -0.2) is 0 Å². The average molecular weight is 686 g/mol. The molecule has 0 unspecified atom stereocenters. The van der Waals surface area contributed by atoms with Crippen molar-refractivity contribution in [2.45, 2.75) is 98.7 Å². The summed E-state index contributed by atoms with van der Waals surface area (Å²) in [5.41, 5.74) is 12.2. The predicted molar refractivity (Wildman–Crippen MR) is 212 cm³/mol.